The smallest absolute Gasteiger partial charge is 0.244 e. The monoisotopic (exact) mass is 373 g/mol. The second kappa shape index (κ2) is 7.33. The van der Waals surface area contributed by atoms with Crippen LogP contribution in [0.3, 0.4) is 0 Å². The highest BCUT2D eigenvalue weighted by molar-refractivity contribution is 9.10. The van der Waals surface area contributed by atoms with Gasteiger partial charge in [-0.25, -0.2) is 0 Å². The SMILES string of the molecule is O=C(/C=C/c1cccc(Br)c1)NC[C@@H]1COc2ccccc2O1. The normalized spacial score (nSPS) is 16.3. The van der Waals surface area contributed by atoms with E-state index in [-0.39, 0.29) is 12.0 Å². The first-order chi connectivity index (χ1) is 11.2. The maximum absolute atomic E-state index is 11.9. The second-order valence-corrected chi connectivity index (χ2v) is 6.05. The number of amides is 1. The van der Waals surface area contributed by atoms with Gasteiger partial charge in [0.2, 0.25) is 5.91 Å². The molecule has 0 radical (unpaired) electrons. The van der Waals surface area contributed by atoms with Crippen molar-refractivity contribution in [2.45, 2.75) is 6.10 Å². The molecular weight excluding hydrogens is 358 g/mol. The minimum Gasteiger partial charge on any atom is -0.486 e. The Labute approximate surface area is 143 Å². The summed E-state index contributed by atoms with van der Waals surface area (Å²) in [5, 5.41) is 2.83. The fraction of sp³-hybridized carbons (Fsp3) is 0.167. The Bertz CT molecular complexity index is 730. The molecule has 0 spiro atoms. The number of hydrogen-bond acceptors (Lipinski definition) is 3. The molecule has 0 aromatic heterocycles. The van der Waals surface area contributed by atoms with Gasteiger partial charge in [-0.15, -0.1) is 0 Å². The predicted octanol–water partition coefficient (Wildman–Crippen LogP) is 3.42. The minimum atomic E-state index is -0.187. The molecule has 2 aromatic rings. The van der Waals surface area contributed by atoms with Gasteiger partial charge in [0.1, 0.15) is 12.7 Å². The molecule has 118 valence electrons. The number of nitrogens with one attached hydrogen (secondary N) is 1. The van der Waals surface area contributed by atoms with Crippen molar-refractivity contribution in [3.05, 3.63) is 64.6 Å². The van der Waals surface area contributed by atoms with E-state index in [4.69, 9.17) is 9.47 Å². The molecule has 0 saturated heterocycles. The number of hydrogen-bond donors (Lipinski definition) is 1. The van der Waals surface area contributed by atoms with Gasteiger partial charge in [0, 0.05) is 10.5 Å². The number of fused-ring (bicyclic) bond motifs is 1. The first-order valence-electron chi connectivity index (χ1n) is 7.31. The van der Waals surface area contributed by atoms with E-state index < -0.39 is 0 Å². The van der Waals surface area contributed by atoms with Crippen LogP contribution in [0.25, 0.3) is 6.08 Å². The van der Waals surface area contributed by atoms with E-state index in [1.807, 2.05) is 48.5 Å². The van der Waals surface area contributed by atoms with Gasteiger partial charge in [0.15, 0.2) is 11.5 Å². The van der Waals surface area contributed by atoms with Crippen molar-refractivity contribution in [2.24, 2.45) is 0 Å². The molecule has 4 nitrogen and oxygen atoms in total. The molecule has 3 rings (SSSR count). The summed E-state index contributed by atoms with van der Waals surface area (Å²) < 4.78 is 12.4. The molecule has 0 saturated carbocycles. The zero-order chi connectivity index (χ0) is 16.1. The molecule has 0 bridgehead atoms. The molecule has 0 unspecified atom stereocenters. The molecule has 1 aliphatic heterocycles. The molecular formula is C18H16BrNO3. The zero-order valence-corrected chi connectivity index (χ0v) is 14.0. The number of para-hydroxylation sites is 2. The fourth-order valence-corrected chi connectivity index (χ4v) is 2.64. The number of halogens is 1. The van der Waals surface area contributed by atoms with E-state index in [9.17, 15) is 4.79 Å². The summed E-state index contributed by atoms with van der Waals surface area (Å²) in [6.07, 6.45) is 3.10. The molecule has 1 heterocycles. The van der Waals surface area contributed by atoms with Gasteiger partial charge < -0.3 is 14.8 Å². The third kappa shape index (κ3) is 4.36. The van der Waals surface area contributed by atoms with Crippen LogP contribution in [0.5, 0.6) is 11.5 Å². The van der Waals surface area contributed by atoms with Crippen LogP contribution in [-0.2, 0) is 4.79 Å². The molecule has 1 atom stereocenters. The lowest BCUT2D eigenvalue weighted by molar-refractivity contribution is -0.116. The predicted molar refractivity (Wildman–Crippen MR) is 92.5 cm³/mol. The summed E-state index contributed by atoms with van der Waals surface area (Å²) in [5.41, 5.74) is 0.959. The Morgan fingerprint density at radius 2 is 2.04 bits per heavy atom. The number of benzene rings is 2. The first kappa shape index (κ1) is 15.6. The minimum absolute atomic E-state index is 0.160. The van der Waals surface area contributed by atoms with Crippen molar-refractivity contribution in [3.8, 4) is 11.5 Å². The number of carbonyl (C=O) groups is 1. The average molecular weight is 374 g/mol. The highest BCUT2D eigenvalue weighted by Crippen LogP contribution is 2.30. The van der Waals surface area contributed by atoms with Gasteiger partial charge in [-0.3, -0.25) is 4.79 Å². The highest BCUT2D eigenvalue weighted by atomic mass is 79.9. The Balaban J connectivity index is 1.50. The van der Waals surface area contributed by atoms with Crippen LogP contribution < -0.4 is 14.8 Å². The molecule has 2 aromatic carbocycles. The molecule has 1 N–H and O–H groups in total. The Hall–Kier alpha value is -2.27. The van der Waals surface area contributed by atoms with Crippen molar-refractivity contribution in [1.82, 2.24) is 5.32 Å². The summed E-state index contributed by atoms with van der Waals surface area (Å²) in [6.45, 7) is 0.822. The fourth-order valence-electron chi connectivity index (χ4n) is 2.22. The molecule has 0 aliphatic carbocycles. The Morgan fingerprint density at radius 3 is 2.87 bits per heavy atom. The lowest BCUT2D eigenvalue weighted by atomic mass is 10.2. The quantitative estimate of drug-likeness (QED) is 0.835. The number of carbonyl (C=O) groups excluding carboxylic acids is 1. The highest BCUT2D eigenvalue weighted by Gasteiger charge is 2.20. The summed E-state index contributed by atoms with van der Waals surface area (Å²) in [4.78, 5) is 11.9. The topological polar surface area (TPSA) is 47.6 Å². The van der Waals surface area contributed by atoms with Crippen molar-refractivity contribution in [1.29, 1.82) is 0 Å². The van der Waals surface area contributed by atoms with Crippen LogP contribution in [0.1, 0.15) is 5.56 Å². The van der Waals surface area contributed by atoms with Crippen LogP contribution in [0, 0.1) is 0 Å². The summed E-state index contributed by atoms with van der Waals surface area (Å²) in [6, 6.07) is 15.3. The maximum Gasteiger partial charge on any atom is 0.244 e. The summed E-state index contributed by atoms with van der Waals surface area (Å²) in [5.74, 6) is 1.29. The lowest BCUT2D eigenvalue weighted by Crippen LogP contribution is -2.40. The van der Waals surface area contributed by atoms with Gasteiger partial charge in [-0.1, -0.05) is 40.2 Å². The zero-order valence-electron chi connectivity index (χ0n) is 12.4. The van der Waals surface area contributed by atoms with E-state index >= 15 is 0 Å². The van der Waals surface area contributed by atoms with E-state index in [1.54, 1.807) is 6.08 Å². The van der Waals surface area contributed by atoms with Crippen molar-refractivity contribution >= 4 is 27.9 Å². The van der Waals surface area contributed by atoms with Gasteiger partial charge >= 0.3 is 0 Å². The first-order valence-corrected chi connectivity index (χ1v) is 8.10. The van der Waals surface area contributed by atoms with E-state index in [2.05, 4.69) is 21.2 Å². The molecule has 23 heavy (non-hydrogen) atoms. The van der Waals surface area contributed by atoms with Crippen LogP contribution in [0.4, 0.5) is 0 Å². The molecule has 0 fully saturated rings. The largest absolute Gasteiger partial charge is 0.486 e. The molecule has 5 heteroatoms. The van der Waals surface area contributed by atoms with Crippen molar-refractivity contribution < 1.29 is 14.3 Å². The number of ether oxygens (including phenoxy) is 2. The summed E-state index contributed by atoms with van der Waals surface area (Å²) >= 11 is 3.40. The van der Waals surface area contributed by atoms with Gasteiger partial charge in [0.25, 0.3) is 0 Å². The van der Waals surface area contributed by atoms with Gasteiger partial charge in [-0.2, -0.15) is 0 Å². The second-order valence-electron chi connectivity index (χ2n) is 5.13. The van der Waals surface area contributed by atoms with Crippen LogP contribution >= 0.6 is 15.9 Å². The Morgan fingerprint density at radius 1 is 1.22 bits per heavy atom. The van der Waals surface area contributed by atoms with Crippen LogP contribution in [0.2, 0.25) is 0 Å². The van der Waals surface area contributed by atoms with Crippen LogP contribution in [-0.4, -0.2) is 25.2 Å². The lowest BCUT2D eigenvalue weighted by Gasteiger charge is -2.26. The third-order valence-electron chi connectivity index (χ3n) is 3.35. The maximum atomic E-state index is 11.9. The van der Waals surface area contributed by atoms with Gasteiger partial charge in [0.05, 0.1) is 6.54 Å². The molecule has 1 aliphatic rings. The van der Waals surface area contributed by atoms with Crippen LogP contribution in [0.15, 0.2) is 59.1 Å². The van der Waals surface area contributed by atoms with E-state index in [0.717, 1.165) is 15.8 Å². The number of rotatable bonds is 4. The average Bonchev–Trinajstić information content (AvgIpc) is 2.58. The van der Waals surface area contributed by atoms with E-state index in [0.29, 0.717) is 18.9 Å². The van der Waals surface area contributed by atoms with Gasteiger partial charge in [-0.05, 0) is 35.9 Å². The standard InChI is InChI=1S/C18H16BrNO3/c19-14-5-3-4-13(10-14)8-9-18(21)20-11-15-12-22-16-6-1-2-7-17(16)23-15/h1-10,15H,11-12H2,(H,20,21)/b9-8+/t15-/m1/s1. The third-order valence-corrected chi connectivity index (χ3v) is 3.84. The van der Waals surface area contributed by atoms with Crippen molar-refractivity contribution in [3.63, 3.8) is 0 Å². The summed E-state index contributed by atoms with van der Waals surface area (Å²) in [7, 11) is 0. The van der Waals surface area contributed by atoms with Crippen molar-refractivity contribution in [2.75, 3.05) is 13.2 Å². The molecule has 1 amide bonds. The van der Waals surface area contributed by atoms with E-state index in [1.165, 1.54) is 6.08 Å². The Kier molecular flexibility index (Phi) is 4.98.